The Kier molecular flexibility index (Phi) is 9.03. The van der Waals surface area contributed by atoms with E-state index in [1.807, 2.05) is 60.7 Å². The summed E-state index contributed by atoms with van der Waals surface area (Å²) >= 11 is 3.37. The van der Waals surface area contributed by atoms with Gasteiger partial charge in [-0.1, -0.05) is 97.4 Å². The minimum absolute atomic E-state index is 0.183. The lowest BCUT2D eigenvalue weighted by atomic mass is 10.2. The van der Waals surface area contributed by atoms with Crippen molar-refractivity contribution in [3.8, 4) is 0 Å². The summed E-state index contributed by atoms with van der Waals surface area (Å²) in [6.07, 6.45) is -1.16. The Hall–Kier alpha value is -1.96. The lowest BCUT2D eigenvalue weighted by Gasteiger charge is -2.45. The van der Waals surface area contributed by atoms with Gasteiger partial charge in [-0.25, -0.2) is 4.79 Å². The molecule has 0 heterocycles. The molecule has 5 nitrogen and oxygen atoms in total. The molecule has 2 rings (SSSR count). The van der Waals surface area contributed by atoms with E-state index in [9.17, 15) is 9.59 Å². The van der Waals surface area contributed by atoms with Gasteiger partial charge in [0.05, 0.1) is 13.2 Å². The fourth-order valence-electron chi connectivity index (χ4n) is 3.68. The molecule has 0 aromatic heterocycles. The van der Waals surface area contributed by atoms with E-state index in [0.29, 0.717) is 0 Å². The Bertz CT molecular complexity index is 812. The van der Waals surface area contributed by atoms with Crippen molar-refractivity contribution in [2.75, 3.05) is 13.2 Å². The van der Waals surface area contributed by atoms with Crippen LogP contribution in [0.1, 0.15) is 34.6 Å². The second kappa shape index (κ2) is 11.1. The van der Waals surface area contributed by atoms with Crippen LogP contribution < -0.4 is 10.4 Å². The molecular formula is C24H31BrO5Si. The molecule has 2 atom stereocenters. The molecule has 0 spiro atoms. The van der Waals surface area contributed by atoms with Crippen molar-refractivity contribution in [3.05, 3.63) is 60.7 Å². The number of hydrogen-bond acceptors (Lipinski definition) is 5. The van der Waals surface area contributed by atoms with Gasteiger partial charge >= 0.3 is 11.9 Å². The fraction of sp³-hybridized carbons (Fsp3) is 0.417. The van der Waals surface area contributed by atoms with E-state index in [2.05, 4.69) is 36.7 Å². The van der Waals surface area contributed by atoms with Crippen molar-refractivity contribution in [2.45, 2.75) is 50.6 Å². The standard InChI is InChI=1S/C24H31BrO5Si/c1-6-28-22(26)20(25)21(23(27)29-7-2)30-31(24(3,4)5,18-14-10-8-11-15-18)19-16-12-9-13-17-19/h8-17,20-21H,6-7H2,1-5H3/t20-,21+/m0/s1. The van der Waals surface area contributed by atoms with Crippen molar-refractivity contribution in [3.63, 3.8) is 0 Å². The van der Waals surface area contributed by atoms with Crippen LogP contribution in [0.2, 0.25) is 5.04 Å². The van der Waals surface area contributed by atoms with Crippen LogP contribution in [0, 0.1) is 0 Å². The number of benzene rings is 2. The van der Waals surface area contributed by atoms with E-state index in [0.717, 1.165) is 10.4 Å². The van der Waals surface area contributed by atoms with E-state index in [4.69, 9.17) is 13.9 Å². The zero-order chi connectivity index (χ0) is 23.1. The normalized spacial score (nSPS) is 13.9. The van der Waals surface area contributed by atoms with E-state index in [-0.39, 0.29) is 18.3 Å². The Morgan fingerprint density at radius 3 is 1.65 bits per heavy atom. The maximum Gasteiger partial charge on any atom is 0.335 e. The first-order valence-corrected chi connectivity index (χ1v) is 13.3. The van der Waals surface area contributed by atoms with Crippen LogP contribution in [0.3, 0.4) is 0 Å². The number of hydrogen-bond donors (Lipinski definition) is 0. The molecule has 0 radical (unpaired) electrons. The molecule has 0 aliphatic rings. The number of esters is 2. The number of carbonyl (C=O) groups excluding carboxylic acids is 2. The maximum atomic E-state index is 13.0. The van der Waals surface area contributed by atoms with Crippen LogP contribution in [-0.4, -0.2) is 44.4 Å². The van der Waals surface area contributed by atoms with Crippen LogP contribution in [-0.2, 0) is 23.5 Å². The van der Waals surface area contributed by atoms with Crippen molar-refractivity contribution in [1.82, 2.24) is 0 Å². The fourth-order valence-corrected chi connectivity index (χ4v) is 8.96. The largest absolute Gasteiger partial charge is 0.465 e. The third-order valence-corrected chi connectivity index (χ3v) is 10.9. The van der Waals surface area contributed by atoms with Gasteiger partial charge in [-0.2, -0.15) is 0 Å². The second-order valence-corrected chi connectivity index (χ2v) is 13.3. The summed E-state index contributed by atoms with van der Waals surface area (Å²) in [4.78, 5) is 24.6. The minimum atomic E-state index is -3.07. The number of alkyl halides is 1. The van der Waals surface area contributed by atoms with Gasteiger partial charge < -0.3 is 13.9 Å². The summed E-state index contributed by atoms with van der Waals surface area (Å²) in [5.41, 5.74) is 0. The monoisotopic (exact) mass is 506 g/mol. The van der Waals surface area contributed by atoms with Crippen molar-refractivity contribution in [1.29, 1.82) is 0 Å². The molecule has 0 bridgehead atoms. The zero-order valence-corrected chi connectivity index (χ0v) is 21.3. The predicted molar refractivity (Wildman–Crippen MR) is 128 cm³/mol. The molecule has 0 saturated heterocycles. The molecule has 0 fully saturated rings. The molecule has 0 saturated carbocycles. The van der Waals surface area contributed by atoms with Crippen molar-refractivity contribution >= 4 is 46.6 Å². The van der Waals surface area contributed by atoms with Gasteiger partial charge in [0.25, 0.3) is 8.32 Å². The van der Waals surface area contributed by atoms with E-state index >= 15 is 0 Å². The van der Waals surface area contributed by atoms with Gasteiger partial charge in [-0.15, -0.1) is 0 Å². The molecule has 0 N–H and O–H groups in total. The quantitative estimate of drug-likeness (QED) is 0.294. The molecule has 168 valence electrons. The lowest BCUT2D eigenvalue weighted by molar-refractivity contribution is -0.157. The first-order chi connectivity index (χ1) is 14.7. The van der Waals surface area contributed by atoms with Crippen LogP contribution in [0.5, 0.6) is 0 Å². The summed E-state index contributed by atoms with van der Waals surface area (Å²) in [5.74, 6) is -1.15. The highest BCUT2D eigenvalue weighted by atomic mass is 79.9. The average Bonchev–Trinajstić information content (AvgIpc) is 2.75. The third kappa shape index (κ3) is 5.64. The van der Waals surface area contributed by atoms with Gasteiger partial charge in [0.2, 0.25) is 0 Å². The number of carbonyl (C=O) groups is 2. The summed E-state index contributed by atoms with van der Waals surface area (Å²) < 4.78 is 17.3. The van der Waals surface area contributed by atoms with E-state index in [1.165, 1.54) is 0 Å². The molecular weight excluding hydrogens is 476 g/mol. The van der Waals surface area contributed by atoms with Crippen molar-refractivity contribution < 1.29 is 23.5 Å². The minimum Gasteiger partial charge on any atom is -0.465 e. The number of halogens is 1. The third-order valence-electron chi connectivity index (χ3n) is 5.02. The second-order valence-electron chi connectivity index (χ2n) is 8.11. The molecule has 2 aromatic carbocycles. The molecule has 0 amide bonds. The average molecular weight is 507 g/mol. The molecule has 2 aromatic rings. The maximum absolute atomic E-state index is 13.0. The van der Waals surface area contributed by atoms with Gasteiger partial charge in [0.15, 0.2) is 6.10 Å². The van der Waals surface area contributed by atoms with Gasteiger partial charge in [-0.05, 0) is 29.3 Å². The van der Waals surface area contributed by atoms with Crippen LogP contribution in [0.25, 0.3) is 0 Å². The van der Waals surface area contributed by atoms with Crippen molar-refractivity contribution in [2.24, 2.45) is 0 Å². The van der Waals surface area contributed by atoms with Gasteiger partial charge in [-0.3, -0.25) is 4.79 Å². The Morgan fingerprint density at radius 2 is 1.26 bits per heavy atom. The lowest BCUT2D eigenvalue weighted by Crippen LogP contribution is -2.69. The van der Waals surface area contributed by atoms with Crippen LogP contribution in [0.4, 0.5) is 0 Å². The first-order valence-electron chi connectivity index (χ1n) is 10.4. The van der Waals surface area contributed by atoms with Gasteiger partial charge in [0, 0.05) is 0 Å². The summed E-state index contributed by atoms with van der Waals surface area (Å²) in [5, 5.41) is 1.65. The van der Waals surface area contributed by atoms with Crippen LogP contribution in [0.15, 0.2) is 60.7 Å². The summed E-state index contributed by atoms with van der Waals surface area (Å²) in [6.45, 7) is 10.2. The number of ether oxygens (including phenoxy) is 2. The number of rotatable bonds is 9. The smallest absolute Gasteiger partial charge is 0.335 e. The Labute approximate surface area is 194 Å². The first kappa shape index (κ1) is 25.3. The molecule has 31 heavy (non-hydrogen) atoms. The Morgan fingerprint density at radius 1 is 0.839 bits per heavy atom. The summed E-state index contributed by atoms with van der Waals surface area (Å²) in [7, 11) is -3.07. The van der Waals surface area contributed by atoms with Crippen LogP contribution >= 0.6 is 15.9 Å². The predicted octanol–water partition coefficient (Wildman–Crippen LogP) is 3.82. The summed E-state index contributed by atoms with van der Waals surface area (Å²) in [6, 6.07) is 19.9. The van der Waals surface area contributed by atoms with E-state index < -0.39 is 31.2 Å². The highest BCUT2D eigenvalue weighted by molar-refractivity contribution is 9.10. The topological polar surface area (TPSA) is 61.8 Å². The molecule has 0 unspecified atom stereocenters. The molecule has 0 aliphatic carbocycles. The highest BCUT2D eigenvalue weighted by Crippen LogP contribution is 2.38. The van der Waals surface area contributed by atoms with E-state index in [1.54, 1.807) is 13.8 Å². The molecule has 7 heteroatoms. The molecule has 0 aliphatic heterocycles. The van der Waals surface area contributed by atoms with Gasteiger partial charge in [0.1, 0.15) is 4.83 Å². The highest BCUT2D eigenvalue weighted by Gasteiger charge is 2.54. The Balaban J connectivity index is 2.71. The zero-order valence-electron chi connectivity index (χ0n) is 18.8. The SMILES string of the molecule is CCOC(=O)[C@@H](Br)[C@@H](O[Si](c1ccccc1)(c1ccccc1)C(C)(C)C)C(=O)OCC.